The van der Waals surface area contributed by atoms with Crippen molar-refractivity contribution in [1.82, 2.24) is 0 Å². The third-order valence-corrected chi connectivity index (χ3v) is 3.61. The number of rotatable bonds is 0. The highest BCUT2D eigenvalue weighted by atomic mass is 35.5. The van der Waals surface area contributed by atoms with E-state index in [-0.39, 0.29) is 12.0 Å². The number of fused-ring (bicyclic) bond motifs is 1. The van der Waals surface area contributed by atoms with Crippen molar-refractivity contribution in [2.75, 3.05) is 0 Å². The summed E-state index contributed by atoms with van der Waals surface area (Å²) in [4.78, 5) is 10.7. The van der Waals surface area contributed by atoms with Crippen LogP contribution in [-0.4, -0.2) is 16.8 Å². The number of halogens is 4. The van der Waals surface area contributed by atoms with Crippen molar-refractivity contribution in [3.8, 4) is 0 Å². The van der Waals surface area contributed by atoms with E-state index in [0.29, 0.717) is 0 Å². The van der Waals surface area contributed by atoms with Crippen LogP contribution in [0.15, 0.2) is 23.8 Å². The largest absolute Gasteiger partial charge is 0.398 e. The van der Waals surface area contributed by atoms with Crippen molar-refractivity contribution in [2.45, 2.75) is 24.4 Å². The molecule has 0 aliphatic heterocycles. The molecule has 3 unspecified atom stereocenters. The molecule has 1 saturated carbocycles. The number of carbonyl (C=O) groups is 1. The van der Waals surface area contributed by atoms with Crippen LogP contribution >= 0.6 is 11.6 Å². The SMILES string of the molecule is CC1(Cl)C=CC=C2C(=O)C(C(F)(F)F)CC21. The van der Waals surface area contributed by atoms with E-state index in [2.05, 4.69) is 0 Å². The van der Waals surface area contributed by atoms with Crippen molar-refractivity contribution in [3.05, 3.63) is 23.8 Å². The predicted octanol–water partition coefficient (Wildman–Crippen LogP) is 3.25. The van der Waals surface area contributed by atoms with Crippen LogP contribution in [-0.2, 0) is 4.79 Å². The van der Waals surface area contributed by atoms with Gasteiger partial charge >= 0.3 is 6.18 Å². The number of alkyl halides is 4. The molecule has 5 heteroatoms. The first-order valence-corrected chi connectivity index (χ1v) is 5.30. The number of hydrogen-bond donors (Lipinski definition) is 0. The van der Waals surface area contributed by atoms with Gasteiger partial charge in [-0.05, 0) is 13.3 Å². The molecule has 0 N–H and O–H groups in total. The highest BCUT2D eigenvalue weighted by Crippen LogP contribution is 2.49. The minimum absolute atomic E-state index is 0.210. The molecule has 3 atom stereocenters. The molecule has 1 fully saturated rings. The lowest BCUT2D eigenvalue weighted by atomic mass is 9.84. The topological polar surface area (TPSA) is 17.1 Å². The molecule has 0 amide bonds. The minimum atomic E-state index is -4.47. The fourth-order valence-corrected chi connectivity index (χ4v) is 2.59. The Kier molecular flexibility index (Phi) is 2.46. The van der Waals surface area contributed by atoms with Crippen LogP contribution in [0.5, 0.6) is 0 Å². The van der Waals surface area contributed by atoms with E-state index in [9.17, 15) is 18.0 Å². The predicted molar refractivity (Wildman–Crippen MR) is 54.1 cm³/mol. The van der Waals surface area contributed by atoms with Gasteiger partial charge in [-0.1, -0.05) is 18.2 Å². The van der Waals surface area contributed by atoms with Gasteiger partial charge in [-0.3, -0.25) is 4.79 Å². The Hall–Kier alpha value is -0.770. The summed E-state index contributed by atoms with van der Waals surface area (Å²) in [7, 11) is 0. The van der Waals surface area contributed by atoms with Gasteiger partial charge in [0.1, 0.15) is 5.92 Å². The Bertz CT molecular complexity index is 393. The Morgan fingerprint density at radius 1 is 1.50 bits per heavy atom. The molecule has 0 aromatic rings. The number of allylic oxidation sites excluding steroid dienone is 4. The maximum Gasteiger partial charge on any atom is 0.398 e. The molecule has 1 nitrogen and oxygen atoms in total. The van der Waals surface area contributed by atoms with Crippen molar-refractivity contribution in [3.63, 3.8) is 0 Å². The summed E-state index contributed by atoms with van der Waals surface area (Å²) in [5.74, 6) is -3.24. The van der Waals surface area contributed by atoms with Gasteiger partial charge in [0, 0.05) is 11.5 Å². The summed E-state index contributed by atoms with van der Waals surface area (Å²) >= 11 is 6.11. The Morgan fingerprint density at radius 3 is 2.62 bits per heavy atom. The number of hydrogen-bond acceptors (Lipinski definition) is 1. The normalized spacial score (nSPS) is 38.6. The van der Waals surface area contributed by atoms with Crippen LogP contribution in [0.25, 0.3) is 0 Å². The van der Waals surface area contributed by atoms with E-state index in [1.165, 1.54) is 6.08 Å². The lowest BCUT2D eigenvalue weighted by Gasteiger charge is -2.28. The van der Waals surface area contributed by atoms with Crippen LogP contribution < -0.4 is 0 Å². The average Bonchev–Trinajstić information content (AvgIpc) is 2.44. The van der Waals surface area contributed by atoms with Crippen LogP contribution in [0.4, 0.5) is 13.2 Å². The molecule has 2 aliphatic rings. The third-order valence-electron chi connectivity index (χ3n) is 3.22. The van der Waals surface area contributed by atoms with E-state index in [1.807, 2.05) is 0 Å². The van der Waals surface area contributed by atoms with Crippen molar-refractivity contribution in [2.24, 2.45) is 11.8 Å². The molecule has 0 heterocycles. The molecule has 0 radical (unpaired) electrons. The van der Waals surface area contributed by atoms with Gasteiger partial charge in [0.05, 0.1) is 4.87 Å². The first-order valence-electron chi connectivity index (χ1n) is 4.93. The molecular formula is C11H10ClF3O. The molecule has 0 saturated heterocycles. The zero-order valence-corrected chi connectivity index (χ0v) is 9.27. The molecule has 2 rings (SSSR count). The second-order valence-corrected chi connectivity index (χ2v) is 5.19. The van der Waals surface area contributed by atoms with Gasteiger partial charge in [-0.2, -0.15) is 13.2 Å². The standard InChI is InChI=1S/C11H10ClF3O/c1-10(12)4-2-3-6-7(10)5-8(9(6)16)11(13,14)15/h2-4,7-8H,5H2,1H3. The zero-order valence-electron chi connectivity index (χ0n) is 8.51. The Morgan fingerprint density at radius 2 is 2.12 bits per heavy atom. The van der Waals surface area contributed by atoms with Crippen LogP contribution in [0.3, 0.4) is 0 Å². The molecule has 16 heavy (non-hydrogen) atoms. The third kappa shape index (κ3) is 1.69. The Labute approximate surface area is 96.0 Å². The fraction of sp³-hybridized carbons (Fsp3) is 0.545. The van der Waals surface area contributed by atoms with E-state index in [1.54, 1.807) is 19.1 Å². The monoisotopic (exact) mass is 250 g/mol. The van der Waals surface area contributed by atoms with Gasteiger partial charge in [-0.25, -0.2) is 0 Å². The fourth-order valence-electron chi connectivity index (χ4n) is 2.31. The Balaban J connectivity index is 2.36. The molecule has 2 aliphatic carbocycles. The first-order chi connectivity index (χ1) is 7.23. The highest BCUT2D eigenvalue weighted by Gasteiger charge is 2.55. The second-order valence-electron chi connectivity index (χ2n) is 4.38. The molecule has 0 aromatic heterocycles. The van der Waals surface area contributed by atoms with Gasteiger partial charge in [0.2, 0.25) is 0 Å². The molecular weight excluding hydrogens is 241 g/mol. The number of carbonyl (C=O) groups excluding carboxylic acids is 1. The van der Waals surface area contributed by atoms with Crippen LogP contribution in [0.1, 0.15) is 13.3 Å². The maximum absolute atomic E-state index is 12.6. The second kappa shape index (κ2) is 3.36. The van der Waals surface area contributed by atoms with Crippen LogP contribution in [0.2, 0.25) is 0 Å². The molecule has 0 bridgehead atoms. The first kappa shape index (κ1) is 11.7. The van der Waals surface area contributed by atoms with E-state index in [4.69, 9.17) is 11.6 Å². The summed E-state index contributed by atoms with van der Waals surface area (Å²) in [5, 5.41) is 0. The quantitative estimate of drug-likeness (QED) is 0.603. The number of ketones is 1. The van der Waals surface area contributed by atoms with Gasteiger partial charge in [0.15, 0.2) is 5.78 Å². The summed E-state index contributed by atoms with van der Waals surface area (Å²) in [6, 6.07) is 0. The summed E-state index contributed by atoms with van der Waals surface area (Å²) in [6.07, 6.45) is -0.0755. The van der Waals surface area contributed by atoms with E-state index in [0.717, 1.165) is 0 Å². The van der Waals surface area contributed by atoms with E-state index < -0.39 is 28.7 Å². The van der Waals surface area contributed by atoms with Gasteiger partial charge in [-0.15, -0.1) is 11.6 Å². The van der Waals surface area contributed by atoms with Gasteiger partial charge in [0.25, 0.3) is 0 Å². The lowest BCUT2D eigenvalue weighted by molar-refractivity contribution is -0.177. The highest BCUT2D eigenvalue weighted by molar-refractivity contribution is 6.26. The van der Waals surface area contributed by atoms with Crippen LogP contribution in [0, 0.1) is 11.8 Å². The van der Waals surface area contributed by atoms with Crippen molar-refractivity contribution < 1.29 is 18.0 Å². The van der Waals surface area contributed by atoms with E-state index >= 15 is 0 Å². The molecule has 0 spiro atoms. The molecule has 88 valence electrons. The molecule has 0 aromatic carbocycles. The number of Topliss-reactive ketones (excluding diaryl/α,β-unsaturated/α-hetero) is 1. The zero-order chi connectivity index (χ0) is 12.1. The summed E-state index contributed by atoms with van der Waals surface area (Å²) < 4.78 is 37.8. The van der Waals surface area contributed by atoms with Crippen molar-refractivity contribution >= 4 is 17.4 Å². The van der Waals surface area contributed by atoms with Crippen molar-refractivity contribution in [1.29, 1.82) is 0 Å². The van der Waals surface area contributed by atoms with Gasteiger partial charge < -0.3 is 0 Å². The smallest absolute Gasteiger partial charge is 0.294 e. The average molecular weight is 251 g/mol. The summed E-state index contributed by atoms with van der Waals surface area (Å²) in [6.45, 7) is 1.63. The lowest BCUT2D eigenvalue weighted by Crippen LogP contribution is -2.28. The maximum atomic E-state index is 12.6. The summed E-state index contributed by atoms with van der Waals surface area (Å²) in [5.41, 5.74) is 0.210. The minimum Gasteiger partial charge on any atom is -0.294 e.